The average Bonchev–Trinajstić information content (AvgIpc) is 2.70. The van der Waals surface area contributed by atoms with Crippen LogP contribution in [0.15, 0.2) is 28.9 Å². The molecule has 78 valence electrons. The van der Waals surface area contributed by atoms with Gasteiger partial charge in [0.25, 0.3) is 0 Å². The van der Waals surface area contributed by atoms with Crippen LogP contribution in [0.4, 0.5) is 0 Å². The maximum atomic E-state index is 5.89. The third kappa shape index (κ3) is 2.33. The Balaban J connectivity index is 2.40. The van der Waals surface area contributed by atoms with Crippen LogP contribution in [0.3, 0.4) is 0 Å². The third-order valence-corrected chi connectivity index (χ3v) is 3.33. The van der Waals surface area contributed by atoms with Gasteiger partial charge in [0, 0.05) is 4.47 Å². The van der Waals surface area contributed by atoms with Crippen LogP contribution in [0.25, 0.3) is 5.69 Å². The molecule has 1 heterocycles. The highest BCUT2D eigenvalue weighted by molar-refractivity contribution is 9.10. The van der Waals surface area contributed by atoms with Crippen LogP contribution in [-0.4, -0.2) is 15.0 Å². The lowest BCUT2D eigenvalue weighted by molar-refractivity contribution is 0.800. The zero-order valence-electron chi connectivity index (χ0n) is 7.49. The summed E-state index contributed by atoms with van der Waals surface area (Å²) in [5.41, 5.74) is 1.62. The number of aromatic nitrogens is 3. The van der Waals surface area contributed by atoms with Crippen LogP contribution in [0.1, 0.15) is 5.69 Å². The second kappa shape index (κ2) is 4.51. The van der Waals surface area contributed by atoms with Crippen LogP contribution in [-0.2, 0) is 5.88 Å². The molecule has 1 aromatic heterocycles. The molecule has 0 aliphatic rings. The van der Waals surface area contributed by atoms with Gasteiger partial charge in [-0.25, -0.2) is 4.68 Å². The molecule has 1 aromatic carbocycles. The summed E-state index contributed by atoms with van der Waals surface area (Å²) in [6.45, 7) is 0. The van der Waals surface area contributed by atoms with Crippen LogP contribution in [0, 0.1) is 0 Å². The first-order valence-electron chi connectivity index (χ1n) is 4.13. The Kier molecular flexibility index (Phi) is 3.29. The standard InChI is InChI=1S/C9H6BrCl2N3/c10-8-3-7(1-2-9(8)12)15-5-6(4-11)13-14-15/h1-3,5H,4H2. The van der Waals surface area contributed by atoms with Crippen LogP contribution >= 0.6 is 39.1 Å². The third-order valence-electron chi connectivity index (χ3n) is 1.85. The second-order valence-electron chi connectivity index (χ2n) is 2.89. The molecule has 0 amide bonds. The molecule has 0 saturated heterocycles. The Hall–Kier alpha value is -0.580. The van der Waals surface area contributed by atoms with E-state index in [9.17, 15) is 0 Å². The molecule has 0 spiro atoms. The fourth-order valence-corrected chi connectivity index (χ4v) is 1.72. The molecule has 6 heteroatoms. The molecule has 0 N–H and O–H groups in total. The van der Waals surface area contributed by atoms with E-state index < -0.39 is 0 Å². The van der Waals surface area contributed by atoms with E-state index >= 15 is 0 Å². The molecule has 0 saturated carbocycles. The van der Waals surface area contributed by atoms with Crippen molar-refractivity contribution in [3.8, 4) is 5.69 Å². The summed E-state index contributed by atoms with van der Waals surface area (Å²) in [6, 6.07) is 5.53. The number of hydrogen-bond donors (Lipinski definition) is 0. The van der Waals surface area contributed by atoms with Crippen LogP contribution in [0.5, 0.6) is 0 Å². The molecule has 0 bridgehead atoms. The minimum absolute atomic E-state index is 0.356. The zero-order chi connectivity index (χ0) is 10.8. The maximum Gasteiger partial charge on any atom is 0.0979 e. The van der Waals surface area contributed by atoms with Gasteiger partial charge < -0.3 is 0 Å². The topological polar surface area (TPSA) is 30.7 Å². The summed E-state index contributed by atoms with van der Waals surface area (Å²) >= 11 is 14.9. The van der Waals surface area contributed by atoms with Crippen molar-refractivity contribution in [2.24, 2.45) is 0 Å². The van der Waals surface area contributed by atoms with Crippen LogP contribution < -0.4 is 0 Å². The predicted molar refractivity (Wildman–Crippen MR) is 63.6 cm³/mol. The first kappa shape index (κ1) is 10.9. The van der Waals surface area contributed by atoms with E-state index in [-0.39, 0.29) is 0 Å². The number of hydrogen-bond acceptors (Lipinski definition) is 2. The maximum absolute atomic E-state index is 5.89. The molecule has 0 atom stereocenters. The fraction of sp³-hybridized carbons (Fsp3) is 0.111. The van der Waals surface area contributed by atoms with Crippen molar-refractivity contribution in [1.82, 2.24) is 15.0 Å². The summed E-state index contributed by atoms with van der Waals surface area (Å²) in [5.74, 6) is 0.356. The quantitative estimate of drug-likeness (QED) is 0.796. The van der Waals surface area contributed by atoms with Gasteiger partial charge in [0.1, 0.15) is 0 Å². The van der Waals surface area contributed by atoms with Crippen molar-refractivity contribution in [2.75, 3.05) is 0 Å². The predicted octanol–water partition coefficient (Wildman–Crippen LogP) is 3.42. The lowest BCUT2D eigenvalue weighted by Gasteiger charge is -2.01. The van der Waals surface area contributed by atoms with Gasteiger partial charge in [-0.3, -0.25) is 0 Å². The monoisotopic (exact) mass is 305 g/mol. The lowest BCUT2D eigenvalue weighted by Crippen LogP contribution is -1.94. The molecule has 2 rings (SSSR count). The molecular weight excluding hydrogens is 301 g/mol. The Morgan fingerprint density at radius 2 is 2.20 bits per heavy atom. The van der Waals surface area contributed by atoms with Crippen molar-refractivity contribution in [1.29, 1.82) is 0 Å². The van der Waals surface area contributed by atoms with E-state index in [4.69, 9.17) is 23.2 Å². The summed E-state index contributed by atoms with van der Waals surface area (Å²) < 4.78 is 2.48. The number of nitrogens with zero attached hydrogens (tertiary/aromatic N) is 3. The van der Waals surface area contributed by atoms with E-state index in [1.54, 1.807) is 16.9 Å². The fourth-order valence-electron chi connectivity index (χ4n) is 1.11. The highest BCUT2D eigenvalue weighted by Gasteiger charge is 2.03. The average molecular weight is 307 g/mol. The van der Waals surface area contributed by atoms with Gasteiger partial charge in [-0.05, 0) is 34.1 Å². The van der Waals surface area contributed by atoms with E-state index in [1.165, 1.54) is 0 Å². The molecular formula is C9H6BrCl2N3. The molecule has 15 heavy (non-hydrogen) atoms. The Morgan fingerprint density at radius 1 is 1.40 bits per heavy atom. The summed E-state index contributed by atoms with van der Waals surface area (Å²) in [4.78, 5) is 0. The highest BCUT2D eigenvalue weighted by Crippen LogP contribution is 2.24. The Morgan fingerprint density at radius 3 is 2.80 bits per heavy atom. The van der Waals surface area contributed by atoms with Crippen molar-refractivity contribution >= 4 is 39.1 Å². The van der Waals surface area contributed by atoms with Gasteiger partial charge in [0.2, 0.25) is 0 Å². The molecule has 0 radical (unpaired) electrons. The highest BCUT2D eigenvalue weighted by atomic mass is 79.9. The van der Waals surface area contributed by atoms with E-state index in [0.717, 1.165) is 15.9 Å². The minimum Gasteiger partial charge on any atom is -0.220 e. The molecule has 0 aliphatic heterocycles. The molecule has 0 aliphatic carbocycles. The molecule has 2 aromatic rings. The summed E-state index contributed by atoms with van der Waals surface area (Å²) in [6.07, 6.45) is 1.78. The van der Waals surface area contributed by atoms with Crippen molar-refractivity contribution in [2.45, 2.75) is 5.88 Å². The van der Waals surface area contributed by atoms with E-state index in [2.05, 4.69) is 26.2 Å². The van der Waals surface area contributed by atoms with Crippen molar-refractivity contribution in [3.05, 3.63) is 39.6 Å². The SMILES string of the molecule is ClCc1cn(-c2ccc(Cl)c(Br)c2)nn1. The molecule has 0 fully saturated rings. The van der Waals surface area contributed by atoms with Crippen molar-refractivity contribution in [3.63, 3.8) is 0 Å². The van der Waals surface area contributed by atoms with Gasteiger partial charge in [0.05, 0.1) is 28.5 Å². The van der Waals surface area contributed by atoms with E-state index in [1.807, 2.05) is 12.1 Å². The first-order chi connectivity index (χ1) is 7.20. The van der Waals surface area contributed by atoms with Gasteiger partial charge in [-0.2, -0.15) is 0 Å². The first-order valence-corrected chi connectivity index (χ1v) is 5.84. The molecule has 3 nitrogen and oxygen atoms in total. The Labute approximate surface area is 105 Å². The largest absolute Gasteiger partial charge is 0.220 e. The summed E-state index contributed by atoms with van der Waals surface area (Å²) in [5, 5.41) is 8.51. The van der Waals surface area contributed by atoms with Crippen molar-refractivity contribution < 1.29 is 0 Å². The van der Waals surface area contributed by atoms with E-state index in [0.29, 0.717) is 10.9 Å². The lowest BCUT2D eigenvalue weighted by atomic mass is 10.3. The minimum atomic E-state index is 0.356. The molecule has 0 unspecified atom stereocenters. The summed E-state index contributed by atoms with van der Waals surface area (Å²) in [7, 11) is 0. The smallest absolute Gasteiger partial charge is 0.0979 e. The number of benzene rings is 1. The second-order valence-corrected chi connectivity index (χ2v) is 4.42. The normalized spacial score (nSPS) is 10.6. The van der Waals surface area contributed by atoms with Gasteiger partial charge >= 0.3 is 0 Å². The Bertz CT molecular complexity index is 484. The van der Waals surface area contributed by atoms with Gasteiger partial charge in [-0.1, -0.05) is 16.8 Å². The van der Waals surface area contributed by atoms with Gasteiger partial charge in [-0.15, -0.1) is 16.7 Å². The number of rotatable bonds is 2. The van der Waals surface area contributed by atoms with Crippen LogP contribution in [0.2, 0.25) is 5.02 Å². The zero-order valence-corrected chi connectivity index (χ0v) is 10.6. The van der Waals surface area contributed by atoms with Gasteiger partial charge in [0.15, 0.2) is 0 Å². The number of alkyl halides is 1. The number of halogens is 3.